The smallest absolute Gasteiger partial charge is 0.160 e. The third-order valence-electron chi connectivity index (χ3n) is 4.40. The van der Waals surface area contributed by atoms with Crippen molar-refractivity contribution in [3.8, 4) is 5.75 Å². The van der Waals surface area contributed by atoms with E-state index in [1.54, 1.807) is 7.11 Å². The van der Waals surface area contributed by atoms with Crippen LogP contribution in [0, 0.1) is 3.57 Å². The molecule has 6 heteroatoms. The third-order valence-corrected chi connectivity index (χ3v) is 6.34. The summed E-state index contributed by atoms with van der Waals surface area (Å²) >= 11 is 4.20. The van der Waals surface area contributed by atoms with E-state index in [0.717, 1.165) is 26.7 Å². The Morgan fingerprint density at radius 2 is 2.17 bits per heavy atom. The van der Waals surface area contributed by atoms with Gasteiger partial charge in [-0.2, -0.15) is 0 Å². The molecule has 1 fully saturated rings. The van der Waals surface area contributed by atoms with E-state index in [1.807, 2.05) is 30.1 Å². The number of thioether (sulfide) groups is 1. The molecule has 1 aromatic carbocycles. The number of pyridine rings is 1. The standard InChI is InChI=1S/C18H18IN3OS/c1-11-10-22-17(12-6-7-15(23-2)13(19)9-12)16(21-18(22)24-11)14-5-3-4-8-20-14/h3-9,11,16-17H,10H2,1-2H3/t11-,16+,17+/m0/s1. The number of nitrogens with zero attached hydrogens (tertiary/aromatic N) is 3. The van der Waals surface area contributed by atoms with E-state index in [0.29, 0.717) is 5.25 Å². The first-order valence-corrected chi connectivity index (χ1v) is 9.88. The van der Waals surface area contributed by atoms with Crippen LogP contribution in [0.3, 0.4) is 0 Å². The minimum absolute atomic E-state index is 0.0467. The van der Waals surface area contributed by atoms with Gasteiger partial charge in [0.1, 0.15) is 11.8 Å². The highest BCUT2D eigenvalue weighted by Crippen LogP contribution is 2.47. The second kappa shape index (κ2) is 6.55. The van der Waals surface area contributed by atoms with Crippen LogP contribution in [0.15, 0.2) is 47.6 Å². The Bertz CT molecular complexity index is 783. The SMILES string of the molecule is COc1ccc([C@@H]2[C@@H](c3ccccn3)N=C3S[C@@H](C)CN32)cc1I. The summed E-state index contributed by atoms with van der Waals surface area (Å²) in [5.41, 5.74) is 2.30. The molecule has 0 saturated carbocycles. The molecule has 0 bridgehead atoms. The third kappa shape index (κ3) is 2.79. The first-order chi connectivity index (χ1) is 11.7. The van der Waals surface area contributed by atoms with E-state index in [2.05, 4.69) is 63.7 Å². The fourth-order valence-electron chi connectivity index (χ4n) is 3.34. The molecule has 2 aliphatic heterocycles. The van der Waals surface area contributed by atoms with Crippen LogP contribution in [0.4, 0.5) is 0 Å². The van der Waals surface area contributed by atoms with Crippen LogP contribution < -0.4 is 4.74 Å². The monoisotopic (exact) mass is 451 g/mol. The molecule has 2 aliphatic rings. The molecule has 24 heavy (non-hydrogen) atoms. The van der Waals surface area contributed by atoms with Gasteiger partial charge in [0, 0.05) is 18.0 Å². The number of hydrogen-bond acceptors (Lipinski definition) is 5. The number of aliphatic imine (C=N–C) groups is 1. The molecule has 0 unspecified atom stereocenters. The quantitative estimate of drug-likeness (QED) is 0.653. The van der Waals surface area contributed by atoms with Crippen LogP contribution in [0.1, 0.15) is 30.3 Å². The fraction of sp³-hybridized carbons (Fsp3) is 0.333. The van der Waals surface area contributed by atoms with Crippen LogP contribution >= 0.6 is 34.4 Å². The number of amidine groups is 1. The zero-order chi connectivity index (χ0) is 16.7. The van der Waals surface area contributed by atoms with Crippen LogP contribution in [0.5, 0.6) is 5.75 Å². The van der Waals surface area contributed by atoms with E-state index < -0.39 is 0 Å². The Morgan fingerprint density at radius 1 is 1.29 bits per heavy atom. The van der Waals surface area contributed by atoms with Gasteiger partial charge < -0.3 is 9.64 Å². The highest BCUT2D eigenvalue weighted by molar-refractivity contribution is 14.1. The van der Waals surface area contributed by atoms with Crippen molar-refractivity contribution in [2.24, 2.45) is 4.99 Å². The average Bonchev–Trinajstić information content (AvgIpc) is 3.11. The summed E-state index contributed by atoms with van der Waals surface area (Å²) in [6, 6.07) is 12.7. The van der Waals surface area contributed by atoms with Gasteiger partial charge >= 0.3 is 0 Å². The van der Waals surface area contributed by atoms with Crippen LogP contribution in [0.2, 0.25) is 0 Å². The fourth-order valence-corrected chi connectivity index (χ4v) is 5.20. The predicted molar refractivity (Wildman–Crippen MR) is 107 cm³/mol. The molecule has 0 aliphatic carbocycles. The van der Waals surface area contributed by atoms with E-state index >= 15 is 0 Å². The van der Waals surface area contributed by atoms with Crippen molar-refractivity contribution in [2.45, 2.75) is 24.3 Å². The van der Waals surface area contributed by atoms with Crippen molar-refractivity contribution in [2.75, 3.05) is 13.7 Å². The number of fused-ring (bicyclic) bond motifs is 1. The van der Waals surface area contributed by atoms with Gasteiger partial charge in [-0.25, -0.2) is 0 Å². The van der Waals surface area contributed by atoms with Crippen LogP contribution in [0.25, 0.3) is 0 Å². The molecule has 0 N–H and O–H groups in total. The Kier molecular flexibility index (Phi) is 4.42. The van der Waals surface area contributed by atoms with E-state index in [-0.39, 0.29) is 12.1 Å². The first kappa shape index (κ1) is 16.2. The van der Waals surface area contributed by atoms with Crippen molar-refractivity contribution in [1.29, 1.82) is 0 Å². The molecule has 4 rings (SSSR count). The molecule has 0 spiro atoms. The van der Waals surface area contributed by atoms with Crippen molar-refractivity contribution < 1.29 is 4.74 Å². The zero-order valence-corrected chi connectivity index (χ0v) is 16.5. The van der Waals surface area contributed by atoms with Gasteiger partial charge in [0.05, 0.1) is 22.4 Å². The van der Waals surface area contributed by atoms with Crippen LogP contribution in [-0.2, 0) is 0 Å². The molecule has 2 aromatic rings. The number of hydrogen-bond donors (Lipinski definition) is 0. The largest absolute Gasteiger partial charge is 0.496 e. The molecule has 1 saturated heterocycles. The Balaban J connectivity index is 1.77. The molecule has 0 amide bonds. The summed E-state index contributed by atoms with van der Waals surface area (Å²) in [4.78, 5) is 12.0. The van der Waals surface area contributed by atoms with Gasteiger partial charge in [-0.15, -0.1) is 0 Å². The predicted octanol–water partition coefficient (Wildman–Crippen LogP) is 4.28. The summed E-state index contributed by atoms with van der Waals surface area (Å²) < 4.78 is 6.54. The lowest BCUT2D eigenvalue weighted by atomic mass is 9.96. The molecule has 3 heterocycles. The second-order valence-electron chi connectivity index (χ2n) is 6.03. The van der Waals surface area contributed by atoms with Crippen molar-refractivity contribution in [3.63, 3.8) is 0 Å². The zero-order valence-electron chi connectivity index (χ0n) is 13.5. The highest BCUT2D eigenvalue weighted by atomic mass is 127. The Hall–Kier alpha value is -1.28. The summed E-state index contributed by atoms with van der Waals surface area (Å²) in [5.74, 6) is 0.914. The lowest BCUT2D eigenvalue weighted by molar-refractivity contribution is 0.320. The average molecular weight is 451 g/mol. The summed E-state index contributed by atoms with van der Waals surface area (Å²) in [6.07, 6.45) is 1.85. The maximum absolute atomic E-state index is 5.41. The topological polar surface area (TPSA) is 37.7 Å². The molecule has 1 aromatic heterocycles. The molecule has 3 atom stereocenters. The summed E-state index contributed by atoms with van der Waals surface area (Å²) in [7, 11) is 1.71. The minimum atomic E-state index is 0.0467. The van der Waals surface area contributed by atoms with Gasteiger partial charge in [0.25, 0.3) is 0 Å². The van der Waals surface area contributed by atoms with Gasteiger partial charge in [-0.3, -0.25) is 9.98 Å². The number of methoxy groups -OCH3 is 1. The Labute approximate surface area is 159 Å². The molecule has 4 nitrogen and oxygen atoms in total. The van der Waals surface area contributed by atoms with Gasteiger partial charge in [0.15, 0.2) is 5.17 Å². The molecule has 124 valence electrons. The minimum Gasteiger partial charge on any atom is -0.496 e. The number of halogens is 1. The van der Waals surface area contributed by atoms with Gasteiger partial charge in [-0.1, -0.05) is 30.8 Å². The number of ether oxygens (including phenoxy) is 1. The number of benzene rings is 1. The Morgan fingerprint density at radius 3 is 2.88 bits per heavy atom. The number of rotatable bonds is 3. The molecular formula is C18H18IN3OS. The second-order valence-corrected chi connectivity index (χ2v) is 8.60. The van der Waals surface area contributed by atoms with Gasteiger partial charge in [0.2, 0.25) is 0 Å². The number of aromatic nitrogens is 1. The molecule has 0 radical (unpaired) electrons. The highest BCUT2D eigenvalue weighted by Gasteiger charge is 2.43. The van der Waals surface area contributed by atoms with E-state index in [1.165, 1.54) is 5.56 Å². The maximum Gasteiger partial charge on any atom is 0.160 e. The van der Waals surface area contributed by atoms with Crippen molar-refractivity contribution in [3.05, 3.63) is 57.4 Å². The summed E-state index contributed by atoms with van der Waals surface area (Å²) in [5, 5.41) is 1.72. The lowest BCUT2D eigenvalue weighted by Crippen LogP contribution is -2.28. The lowest BCUT2D eigenvalue weighted by Gasteiger charge is -2.27. The maximum atomic E-state index is 5.41. The molecular weight excluding hydrogens is 433 g/mol. The first-order valence-electron chi connectivity index (χ1n) is 7.93. The van der Waals surface area contributed by atoms with Crippen molar-refractivity contribution in [1.82, 2.24) is 9.88 Å². The van der Waals surface area contributed by atoms with Crippen LogP contribution in [-0.4, -0.2) is 34.0 Å². The van der Waals surface area contributed by atoms with E-state index in [9.17, 15) is 0 Å². The van der Waals surface area contributed by atoms with Crippen molar-refractivity contribution >= 4 is 39.5 Å². The van der Waals surface area contributed by atoms with E-state index in [4.69, 9.17) is 9.73 Å². The van der Waals surface area contributed by atoms with Gasteiger partial charge in [-0.05, 0) is 52.4 Å². The summed E-state index contributed by atoms with van der Waals surface area (Å²) in [6.45, 7) is 3.29. The normalized spacial score (nSPS) is 25.5.